The normalized spacial score (nSPS) is 15.8. The summed E-state index contributed by atoms with van der Waals surface area (Å²) < 4.78 is 0. The van der Waals surface area contributed by atoms with Crippen LogP contribution in [0.15, 0.2) is 29.6 Å². The molecule has 2 heterocycles. The van der Waals surface area contributed by atoms with Crippen LogP contribution in [0.1, 0.15) is 23.8 Å². The molecule has 0 saturated carbocycles. The van der Waals surface area contributed by atoms with Gasteiger partial charge in [-0.2, -0.15) is 0 Å². The number of nitrogens with one attached hydrogen (secondary N) is 1. The highest BCUT2D eigenvalue weighted by atomic mass is 32.1. The third-order valence-electron chi connectivity index (χ3n) is 3.61. The average Bonchev–Trinajstić information content (AvgIpc) is 3.28. The summed E-state index contributed by atoms with van der Waals surface area (Å²) in [5, 5.41) is 45.8. The Morgan fingerprint density at radius 3 is 2.08 bits per heavy atom. The molecule has 0 amide bonds. The smallest absolute Gasteiger partial charge is 0.324 e. The lowest BCUT2D eigenvalue weighted by Crippen LogP contribution is -2.11. The van der Waals surface area contributed by atoms with E-state index in [1.165, 1.54) is 24.3 Å². The van der Waals surface area contributed by atoms with Crippen molar-refractivity contribution in [1.82, 2.24) is 5.32 Å². The quantitative estimate of drug-likeness (QED) is 0.601. The topological polar surface area (TPSA) is 162 Å². The Morgan fingerprint density at radius 2 is 1.69 bits per heavy atom. The van der Waals surface area contributed by atoms with Crippen LogP contribution in [0.5, 0.6) is 5.75 Å². The average molecular weight is 382 g/mol. The van der Waals surface area contributed by atoms with Gasteiger partial charge in [0.25, 0.3) is 11.4 Å². The minimum Gasteiger partial charge on any atom is -0.497 e. The Labute approximate surface area is 150 Å². The second-order valence-corrected chi connectivity index (χ2v) is 6.25. The number of rotatable bonds is 4. The van der Waals surface area contributed by atoms with E-state index in [1.807, 2.05) is 11.3 Å². The van der Waals surface area contributed by atoms with E-state index in [-0.39, 0.29) is 0 Å². The summed E-state index contributed by atoms with van der Waals surface area (Å²) in [7, 11) is 0. The highest BCUT2D eigenvalue weighted by molar-refractivity contribution is 7.10. The second kappa shape index (κ2) is 8.31. The van der Waals surface area contributed by atoms with Crippen LogP contribution >= 0.6 is 11.3 Å². The molecule has 1 atom stereocenters. The summed E-state index contributed by atoms with van der Waals surface area (Å²) in [6.45, 7) is 1.20. The molecule has 1 aliphatic rings. The Balaban J connectivity index is 0.000000206. The van der Waals surface area contributed by atoms with Gasteiger partial charge in [-0.25, -0.2) is 0 Å². The minimum atomic E-state index is -1.21. The predicted molar refractivity (Wildman–Crippen MR) is 92.4 cm³/mol. The summed E-state index contributed by atoms with van der Waals surface area (Å²) >= 11 is 1.86. The van der Waals surface area contributed by atoms with Crippen molar-refractivity contribution >= 4 is 28.4 Å². The fourth-order valence-corrected chi connectivity index (χ4v) is 3.23. The van der Waals surface area contributed by atoms with Crippen molar-refractivity contribution in [3.05, 3.63) is 64.9 Å². The SMILES string of the molecule is O=[N+]([O-])c1cc([N+](=O)[O-])c(O)c([N+](=O)[O-])c1.c1csc(C2CCCN2)c1. The van der Waals surface area contributed by atoms with Crippen molar-refractivity contribution in [2.24, 2.45) is 0 Å². The van der Waals surface area contributed by atoms with Crippen LogP contribution in [0.25, 0.3) is 0 Å². The van der Waals surface area contributed by atoms with Gasteiger partial charge in [0.2, 0.25) is 0 Å². The molecular formula is C14H14N4O7S. The molecule has 2 aromatic rings. The molecule has 12 heteroatoms. The van der Waals surface area contributed by atoms with Crippen LogP contribution in [-0.2, 0) is 0 Å². The summed E-state index contributed by atoms with van der Waals surface area (Å²) in [6.07, 6.45) is 2.66. The lowest BCUT2D eigenvalue weighted by molar-refractivity contribution is -0.404. The molecule has 1 aromatic carbocycles. The molecule has 1 unspecified atom stereocenters. The van der Waals surface area contributed by atoms with E-state index in [0.717, 1.165) is 0 Å². The Kier molecular flexibility index (Phi) is 6.14. The number of aromatic hydroxyl groups is 1. The van der Waals surface area contributed by atoms with Gasteiger partial charge >= 0.3 is 11.4 Å². The van der Waals surface area contributed by atoms with Crippen LogP contribution in [0.2, 0.25) is 0 Å². The molecule has 26 heavy (non-hydrogen) atoms. The molecule has 1 aromatic heterocycles. The fraction of sp³-hybridized carbons (Fsp3) is 0.286. The van der Waals surface area contributed by atoms with Crippen molar-refractivity contribution < 1.29 is 19.9 Å². The molecule has 138 valence electrons. The van der Waals surface area contributed by atoms with E-state index in [0.29, 0.717) is 18.2 Å². The Hall–Kier alpha value is -3.12. The molecule has 2 N–H and O–H groups in total. The summed E-state index contributed by atoms with van der Waals surface area (Å²) in [5.41, 5.74) is -3.00. The monoisotopic (exact) mass is 382 g/mol. The maximum atomic E-state index is 10.4. The molecule has 3 rings (SSSR count). The minimum absolute atomic E-state index is 0.447. The molecular weight excluding hydrogens is 368 g/mol. The number of phenols is 1. The van der Waals surface area contributed by atoms with E-state index in [1.54, 1.807) is 0 Å². The Morgan fingerprint density at radius 1 is 1.08 bits per heavy atom. The first kappa shape index (κ1) is 19.2. The van der Waals surface area contributed by atoms with Crippen molar-refractivity contribution in [3.63, 3.8) is 0 Å². The molecule has 1 aliphatic heterocycles. The largest absolute Gasteiger partial charge is 0.497 e. The standard InChI is InChI=1S/C8H11NS.C6H3N3O7/c1-3-7(9-5-1)8-4-2-6-10-8;10-6-4(8(13)14)1-3(7(11)12)2-5(6)9(15)16/h2,4,6-7,9H,1,3,5H2;1-2,10H. The molecule has 0 aliphatic carbocycles. The van der Waals surface area contributed by atoms with Gasteiger partial charge in [-0.15, -0.1) is 11.3 Å². The number of phenolic OH excluding ortho intramolecular Hbond substituents is 1. The zero-order chi connectivity index (χ0) is 19.3. The van der Waals surface area contributed by atoms with Gasteiger partial charge in [-0.1, -0.05) is 6.07 Å². The number of nitro groups is 3. The number of non-ortho nitro benzene ring substituents is 1. The number of nitro benzene ring substituents is 3. The van der Waals surface area contributed by atoms with E-state index in [9.17, 15) is 30.3 Å². The highest BCUT2D eigenvalue weighted by Crippen LogP contribution is 2.38. The van der Waals surface area contributed by atoms with Gasteiger partial charge in [0.15, 0.2) is 0 Å². The van der Waals surface area contributed by atoms with E-state index >= 15 is 0 Å². The van der Waals surface area contributed by atoms with Crippen molar-refractivity contribution in [2.45, 2.75) is 18.9 Å². The summed E-state index contributed by atoms with van der Waals surface area (Å²) in [4.78, 5) is 29.3. The van der Waals surface area contributed by atoms with Crippen LogP contribution in [0.3, 0.4) is 0 Å². The maximum absolute atomic E-state index is 10.4. The number of hydrogen-bond acceptors (Lipinski definition) is 9. The fourth-order valence-electron chi connectivity index (χ4n) is 2.39. The van der Waals surface area contributed by atoms with E-state index in [4.69, 9.17) is 5.11 Å². The van der Waals surface area contributed by atoms with Crippen LogP contribution in [0.4, 0.5) is 17.1 Å². The Bertz CT molecular complexity index is 784. The first-order valence-electron chi connectivity index (χ1n) is 7.38. The van der Waals surface area contributed by atoms with Crippen LogP contribution < -0.4 is 5.32 Å². The van der Waals surface area contributed by atoms with Gasteiger partial charge in [-0.3, -0.25) is 30.3 Å². The predicted octanol–water partition coefficient (Wildman–Crippen LogP) is 3.29. The van der Waals surface area contributed by atoms with Crippen molar-refractivity contribution in [3.8, 4) is 5.75 Å². The number of hydrogen-bond donors (Lipinski definition) is 2. The van der Waals surface area contributed by atoms with Gasteiger partial charge in [-0.05, 0) is 30.8 Å². The van der Waals surface area contributed by atoms with Gasteiger partial charge in [0, 0.05) is 10.9 Å². The third kappa shape index (κ3) is 4.49. The summed E-state index contributed by atoms with van der Waals surface area (Å²) in [5.74, 6) is -1.21. The maximum Gasteiger partial charge on any atom is 0.324 e. The lowest BCUT2D eigenvalue weighted by atomic mass is 10.2. The van der Waals surface area contributed by atoms with Gasteiger partial charge in [0.05, 0.1) is 26.9 Å². The molecule has 1 saturated heterocycles. The molecule has 0 radical (unpaired) electrons. The number of nitrogens with zero attached hydrogens (tertiary/aromatic N) is 3. The molecule has 0 bridgehead atoms. The summed E-state index contributed by atoms with van der Waals surface area (Å²) in [6, 6.07) is 5.90. The number of benzene rings is 1. The van der Waals surface area contributed by atoms with Crippen molar-refractivity contribution in [2.75, 3.05) is 6.54 Å². The van der Waals surface area contributed by atoms with Crippen molar-refractivity contribution in [1.29, 1.82) is 0 Å². The first-order valence-corrected chi connectivity index (χ1v) is 8.26. The molecule has 1 fully saturated rings. The van der Waals surface area contributed by atoms with Crippen LogP contribution in [-0.4, -0.2) is 26.4 Å². The van der Waals surface area contributed by atoms with Gasteiger partial charge in [0.1, 0.15) is 0 Å². The van der Waals surface area contributed by atoms with Gasteiger partial charge < -0.3 is 10.4 Å². The molecule has 11 nitrogen and oxygen atoms in total. The lowest BCUT2D eigenvalue weighted by Gasteiger charge is -2.04. The zero-order valence-electron chi connectivity index (χ0n) is 13.2. The van der Waals surface area contributed by atoms with E-state index < -0.39 is 37.6 Å². The third-order valence-corrected chi connectivity index (χ3v) is 4.59. The second-order valence-electron chi connectivity index (χ2n) is 5.27. The number of thiophene rings is 1. The first-order chi connectivity index (χ1) is 12.3. The molecule has 0 spiro atoms. The highest BCUT2D eigenvalue weighted by Gasteiger charge is 2.30. The van der Waals surface area contributed by atoms with Crippen LogP contribution in [0, 0.1) is 30.3 Å². The van der Waals surface area contributed by atoms with E-state index in [2.05, 4.69) is 22.8 Å². The zero-order valence-corrected chi connectivity index (χ0v) is 14.0.